The zero-order chi connectivity index (χ0) is 15.2. The minimum atomic E-state index is -0.0205. The number of carbonyl (C=O) groups is 1. The molecule has 1 aliphatic rings. The zero-order valence-electron chi connectivity index (χ0n) is 13.1. The number of rotatable bonds is 6. The van der Waals surface area contributed by atoms with E-state index in [1.165, 1.54) is 5.56 Å². The lowest BCUT2D eigenvalue weighted by Crippen LogP contribution is -2.46. The van der Waals surface area contributed by atoms with E-state index >= 15 is 0 Å². The molecule has 0 saturated carbocycles. The highest BCUT2D eigenvalue weighted by molar-refractivity contribution is 5.76. The number of nitrogens with zero attached hydrogens (tertiary/aromatic N) is 1. The Hall–Kier alpha value is -1.46. The van der Waals surface area contributed by atoms with Gasteiger partial charge in [0.15, 0.2) is 0 Å². The summed E-state index contributed by atoms with van der Waals surface area (Å²) in [6.45, 7) is 6.43. The van der Waals surface area contributed by atoms with Gasteiger partial charge >= 0.3 is 0 Å². The minimum Gasteiger partial charge on any atom is -0.339 e. The van der Waals surface area contributed by atoms with E-state index in [1.807, 2.05) is 12.1 Å². The molecule has 0 bridgehead atoms. The van der Waals surface area contributed by atoms with Crippen LogP contribution in [0.25, 0.3) is 0 Å². The molecule has 0 aromatic carbocycles. The van der Waals surface area contributed by atoms with Crippen molar-refractivity contribution in [3.8, 4) is 0 Å². The Morgan fingerprint density at radius 1 is 1.33 bits per heavy atom. The number of carbonyl (C=O) groups excluding carboxylic acids is 1. The van der Waals surface area contributed by atoms with E-state index in [1.54, 1.807) is 12.4 Å². The summed E-state index contributed by atoms with van der Waals surface area (Å²) in [5.74, 6) is 1.00. The van der Waals surface area contributed by atoms with E-state index in [0.29, 0.717) is 18.3 Å². The van der Waals surface area contributed by atoms with Crippen LogP contribution in [0.4, 0.5) is 0 Å². The molecular formula is C16H26N4O. The normalized spacial score (nSPS) is 25.2. The van der Waals surface area contributed by atoms with Gasteiger partial charge in [-0.05, 0) is 36.5 Å². The van der Waals surface area contributed by atoms with Gasteiger partial charge in [-0.25, -0.2) is 10.9 Å². The van der Waals surface area contributed by atoms with Crippen LogP contribution < -0.4 is 16.2 Å². The molecule has 1 fully saturated rings. The topological polar surface area (TPSA) is 66.1 Å². The van der Waals surface area contributed by atoms with Gasteiger partial charge in [-0.15, -0.1) is 0 Å². The quantitative estimate of drug-likeness (QED) is 0.751. The van der Waals surface area contributed by atoms with Crippen LogP contribution in [-0.4, -0.2) is 17.1 Å². The monoisotopic (exact) mass is 290 g/mol. The molecule has 3 atom stereocenters. The second-order valence-electron chi connectivity index (χ2n) is 6.10. The average molecular weight is 290 g/mol. The maximum atomic E-state index is 12.0. The van der Waals surface area contributed by atoms with Crippen molar-refractivity contribution in [2.24, 2.45) is 11.8 Å². The number of nitrogens with one attached hydrogen (secondary N) is 3. The number of hydrogen-bond acceptors (Lipinski definition) is 4. The van der Waals surface area contributed by atoms with Crippen molar-refractivity contribution in [2.45, 2.75) is 52.2 Å². The average Bonchev–Trinajstić information content (AvgIpc) is 2.88. The molecule has 21 heavy (non-hydrogen) atoms. The van der Waals surface area contributed by atoms with Crippen molar-refractivity contribution in [3.63, 3.8) is 0 Å². The smallest absolute Gasteiger partial charge is 0.221 e. The SMILES string of the molecule is CCC1C(NC(=O)CCC(C)C)NNC1c1ccncc1. The fourth-order valence-electron chi connectivity index (χ4n) is 2.77. The molecule has 0 spiro atoms. The molecule has 3 N–H and O–H groups in total. The second kappa shape index (κ2) is 7.52. The van der Waals surface area contributed by atoms with E-state index in [4.69, 9.17) is 0 Å². The standard InChI is InChI=1S/C16H26N4O/c1-4-13-15(12-7-9-17-10-8-12)19-20-16(13)18-14(21)6-5-11(2)3/h7-11,13,15-16,19-20H,4-6H2,1-3H3,(H,18,21). The van der Waals surface area contributed by atoms with Crippen LogP contribution in [0.3, 0.4) is 0 Å². The van der Waals surface area contributed by atoms with Gasteiger partial charge in [0.05, 0.1) is 12.2 Å². The number of amides is 1. The molecule has 116 valence electrons. The van der Waals surface area contributed by atoms with Gasteiger partial charge in [-0.1, -0.05) is 20.8 Å². The molecule has 1 saturated heterocycles. The molecule has 3 unspecified atom stereocenters. The summed E-state index contributed by atoms with van der Waals surface area (Å²) in [5, 5.41) is 3.11. The first-order valence-electron chi connectivity index (χ1n) is 7.82. The first-order chi connectivity index (χ1) is 10.1. The number of pyridine rings is 1. The highest BCUT2D eigenvalue weighted by atomic mass is 16.1. The van der Waals surface area contributed by atoms with Crippen molar-refractivity contribution < 1.29 is 4.79 Å². The van der Waals surface area contributed by atoms with E-state index in [2.05, 4.69) is 41.9 Å². The Balaban J connectivity index is 1.95. The number of hydrogen-bond donors (Lipinski definition) is 3. The highest BCUT2D eigenvalue weighted by Gasteiger charge is 2.36. The number of aromatic nitrogens is 1. The molecule has 1 aliphatic heterocycles. The molecule has 2 heterocycles. The summed E-state index contributed by atoms with van der Waals surface area (Å²) >= 11 is 0. The molecular weight excluding hydrogens is 264 g/mol. The van der Waals surface area contributed by atoms with Crippen LogP contribution in [0.5, 0.6) is 0 Å². The molecule has 2 rings (SSSR count). The van der Waals surface area contributed by atoms with Crippen molar-refractivity contribution in [3.05, 3.63) is 30.1 Å². The first-order valence-corrected chi connectivity index (χ1v) is 7.82. The Morgan fingerprint density at radius 3 is 2.67 bits per heavy atom. The van der Waals surface area contributed by atoms with E-state index in [-0.39, 0.29) is 18.1 Å². The third-order valence-corrected chi connectivity index (χ3v) is 4.05. The minimum absolute atomic E-state index is 0.0205. The van der Waals surface area contributed by atoms with Crippen LogP contribution >= 0.6 is 0 Å². The van der Waals surface area contributed by atoms with E-state index in [9.17, 15) is 4.79 Å². The molecule has 5 heteroatoms. The fourth-order valence-corrected chi connectivity index (χ4v) is 2.77. The summed E-state index contributed by atoms with van der Waals surface area (Å²) in [7, 11) is 0. The zero-order valence-corrected chi connectivity index (χ0v) is 13.1. The molecule has 5 nitrogen and oxygen atoms in total. The molecule has 0 aliphatic carbocycles. The van der Waals surface area contributed by atoms with Crippen molar-refractivity contribution >= 4 is 5.91 Å². The first kappa shape index (κ1) is 15.9. The summed E-state index contributed by atoms with van der Waals surface area (Å²) in [6, 6.07) is 4.24. The van der Waals surface area contributed by atoms with Gasteiger partial charge in [0.2, 0.25) is 5.91 Å². The van der Waals surface area contributed by atoms with Gasteiger partial charge in [0.1, 0.15) is 0 Å². The third-order valence-electron chi connectivity index (χ3n) is 4.05. The Kier molecular flexibility index (Phi) is 5.70. The maximum Gasteiger partial charge on any atom is 0.221 e. The van der Waals surface area contributed by atoms with Gasteiger partial charge in [-0.3, -0.25) is 9.78 Å². The van der Waals surface area contributed by atoms with Crippen molar-refractivity contribution in [2.75, 3.05) is 0 Å². The van der Waals surface area contributed by atoms with Crippen LogP contribution in [-0.2, 0) is 4.79 Å². The summed E-state index contributed by atoms with van der Waals surface area (Å²) in [4.78, 5) is 16.1. The van der Waals surface area contributed by atoms with E-state index in [0.717, 1.165) is 12.8 Å². The van der Waals surface area contributed by atoms with Crippen LogP contribution in [0, 0.1) is 11.8 Å². The van der Waals surface area contributed by atoms with Gasteiger partial charge in [0, 0.05) is 24.7 Å². The summed E-state index contributed by atoms with van der Waals surface area (Å²) in [5.41, 5.74) is 7.72. The predicted molar refractivity (Wildman–Crippen MR) is 83.0 cm³/mol. The van der Waals surface area contributed by atoms with Crippen LogP contribution in [0.15, 0.2) is 24.5 Å². The Bertz CT molecular complexity index is 449. The lowest BCUT2D eigenvalue weighted by molar-refractivity contribution is -0.122. The molecule has 0 radical (unpaired) electrons. The van der Waals surface area contributed by atoms with Crippen LogP contribution in [0.2, 0.25) is 0 Å². The summed E-state index contributed by atoms with van der Waals surface area (Å²) in [6.07, 6.45) is 6.09. The maximum absolute atomic E-state index is 12.0. The van der Waals surface area contributed by atoms with Crippen LogP contribution in [0.1, 0.15) is 51.6 Å². The van der Waals surface area contributed by atoms with E-state index < -0.39 is 0 Å². The lowest BCUT2D eigenvalue weighted by atomic mass is 9.91. The largest absolute Gasteiger partial charge is 0.339 e. The lowest BCUT2D eigenvalue weighted by Gasteiger charge is -2.22. The number of hydrazine groups is 1. The van der Waals surface area contributed by atoms with Crippen molar-refractivity contribution in [1.82, 2.24) is 21.2 Å². The van der Waals surface area contributed by atoms with Gasteiger partial charge in [-0.2, -0.15) is 0 Å². The van der Waals surface area contributed by atoms with Gasteiger partial charge < -0.3 is 5.32 Å². The fraction of sp³-hybridized carbons (Fsp3) is 0.625. The molecule has 1 aromatic heterocycles. The Morgan fingerprint density at radius 2 is 2.05 bits per heavy atom. The second-order valence-corrected chi connectivity index (χ2v) is 6.10. The van der Waals surface area contributed by atoms with Gasteiger partial charge in [0.25, 0.3) is 0 Å². The molecule has 1 amide bonds. The Labute approximate surface area is 126 Å². The summed E-state index contributed by atoms with van der Waals surface area (Å²) < 4.78 is 0. The predicted octanol–water partition coefficient (Wildman–Crippen LogP) is 2.14. The third kappa shape index (κ3) is 4.25. The molecule has 1 aromatic rings. The highest BCUT2D eigenvalue weighted by Crippen LogP contribution is 2.29. The van der Waals surface area contributed by atoms with Crippen molar-refractivity contribution in [1.29, 1.82) is 0 Å².